The fourth-order valence-electron chi connectivity index (χ4n) is 9.79. The Morgan fingerprint density at radius 3 is 0.882 bits per heavy atom. The first-order chi connectivity index (χ1) is 40.5. The largest absolute Gasteiger partial charge is 0.481 e. The number of hydrogen-bond acceptors (Lipinski definition) is 14. The minimum absolute atomic E-state index is 0.0927. The molecule has 0 spiro atoms. The normalized spacial score (nSPS) is 10.8. The Hall–Kier alpha value is -3.27. The van der Waals surface area contributed by atoms with Crippen LogP contribution >= 0.6 is 8.53 Å². The van der Waals surface area contributed by atoms with Crippen LogP contribution in [0.4, 0.5) is 0 Å². The Balaban J connectivity index is -0.000000123. The third-order valence-electron chi connectivity index (χ3n) is 15.2. The number of nitrogens with zero attached hydrogens (tertiary/aromatic N) is 1. The molecule has 508 valence electrons. The lowest BCUT2D eigenvalue weighted by Gasteiger charge is -2.39. The molecule has 1 atom stereocenters. The molecule has 0 aliphatic rings. The monoisotopic (exact) mass is 1240 g/mol. The summed E-state index contributed by atoms with van der Waals surface area (Å²) < 4.78 is 15.1. The summed E-state index contributed by atoms with van der Waals surface area (Å²) in [5, 5.41) is 18.3. The van der Waals surface area contributed by atoms with Gasteiger partial charge in [-0.25, -0.2) is 4.67 Å². The van der Waals surface area contributed by atoms with E-state index in [1.165, 1.54) is 128 Å². The quantitative estimate of drug-likeness (QED) is 0.0479. The second kappa shape index (κ2) is 80.7. The predicted octanol–water partition coefficient (Wildman–Crippen LogP) is 19.6. The van der Waals surface area contributed by atoms with Crippen molar-refractivity contribution in [2.24, 2.45) is 27.9 Å². The SMILES string of the molecule is CCCCC.CCCCC(CC)(CC)CCCC.CCCCC(CCCC)(CCCC)C(=O)O.CCCCC(CCCC)(CCCC)COP(OCCN)N(C(C)C)C(C)C.CCCCC(CCCC)C(=O)O.O=C=O.O=C=O.O=C=O.O=C=O. The molecule has 0 aromatic rings. The summed E-state index contributed by atoms with van der Waals surface area (Å²) >= 11 is 0. The summed E-state index contributed by atoms with van der Waals surface area (Å²) in [6.45, 7) is 42.1. The highest BCUT2D eigenvalue weighted by molar-refractivity contribution is 7.44. The molecule has 1 unspecified atom stereocenters. The van der Waals surface area contributed by atoms with Crippen LogP contribution in [0.25, 0.3) is 0 Å². The molecule has 0 heterocycles. The summed E-state index contributed by atoms with van der Waals surface area (Å²) in [5.74, 6) is -1.27. The van der Waals surface area contributed by atoms with Crippen molar-refractivity contribution < 1.29 is 67.2 Å². The standard InChI is InChI=1S/C22H49N2O2P.C14H28O2.C13H28.C10H20O2.C5H12.4CO2/c1-8-11-14-22(15-12-9-2,16-13-10-3)19-26-27(25-18-17-23)24(20(4)5)21(6)7;1-4-7-10-14(13(15)16,11-8-5-2)12-9-6-3;1-5-9-11-13(7-3,8-4)12-10-6-2;1-3-5-7-9(10(11)12)8-6-4-2;1-3-5-4-2;4*2-1-3/h20-21H,8-19,23H2,1-7H3;4-12H2,1-3H3,(H,15,16);5-12H2,1-4H3;9H,3-8H2,1-2H3,(H,11,12);3-5H2,1-2H3;;;;. The fourth-order valence-corrected chi connectivity index (χ4v) is 11.5. The molecule has 0 aromatic carbocycles. The highest BCUT2D eigenvalue weighted by atomic mass is 31.2. The van der Waals surface area contributed by atoms with E-state index in [0.29, 0.717) is 36.1 Å². The topological polar surface area (TPSA) is 259 Å². The van der Waals surface area contributed by atoms with Crippen LogP contribution in [0.2, 0.25) is 0 Å². The first kappa shape index (κ1) is 101. The number of carbonyl (C=O) groups is 2. The fraction of sp³-hybridized carbons (Fsp3) is 0.912. The maximum absolute atomic E-state index is 11.5. The zero-order chi connectivity index (χ0) is 67.7. The lowest BCUT2D eigenvalue weighted by atomic mass is 9.74. The van der Waals surface area contributed by atoms with Gasteiger partial charge in [0, 0.05) is 18.6 Å². The zero-order valence-electron chi connectivity index (χ0n) is 58.4. The van der Waals surface area contributed by atoms with Gasteiger partial charge in [-0.2, -0.15) is 38.4 Å². The summed E-state index contributed by atoms with van der Waals surface area (Å²) in [6, 6.07) is 0.787. The molecular weight excluding hydrogens is 1100 g/mol. The number of rotatable bonds is 45. The van der Waals surface area contributed by atoms with E-state index in [0.717, 1.165) is 103 Å². The van der Waals surface area contributed by atoms with Crippen LogP contribution in [-0.4, -0.2) is 83.3 Å². The van der Waals surface area contributed by atoms with Crippen molar-refractivity contribution >= 4 is 45.1 Å². The maximum atomic E-state index is 11.5. The Bertz CT molecular complexity index is 1370. The number of carbonyl (C=O) groups excluding carboxylic acids is 8. The molecule has 0 aliphatic heterocycles. The van der Waals surface area contributed by atoms with E-state index in [4.69, 9.17) is 58.2 Å². The molecule has 0 fully saturated rings. The highest BCUT2D eigenvalue weighted by Gasteiger charge is 2.37. The van der Waals surface area contributed by atoms with E-state index in [2.05, 4.69) is 129 Å². The molecule has 85 heavy (non-hydrogen) atoms. The number of aliphatic carboxylic acids is 2. The van der Waals surface area contributed by atoms with E-state index in [1.54, 1.807) is 0 Å². The van der Waals surface area contributed by atoms with Gasteiger partial charge in [-0.05, 0) is 103 Å². The van der Waals surface area contributed by atoms with Crippen LogP contribution in [0.1, 0.15) is 349 Å². The zero-order valence-corrected chi connectivity index (χ0v) is 59.3. The summed E-state index contributed by atoms with van der Waals surface area (Å²) in [6.07, 6.45) is 42.7. The molecule has 16 nitrogen and oxygen atoms in total. The number of nitrogens with two attached hydrogens (primary N) is 1. The first-order valence-corrected chi connectivity index (χ1v) is 34.6. The lowest BCUT2D eigenvalue weighted by molar-refractivity contribution is -0.193. The van der Waals surface area contributed by atoms with Gasteiger partial charge in [0.25, 0.3) is 8.53 Å². The number of unbranched alkanes of at least 4 members (excludes halogenated alkanes) is 12. The van der Waals surface area contributed by atoms with E-state index in [-0.39, 0.29) is 30.5 Å². The van der Waals surface area contributed by atoms with Crippen LogP contribution in [0.15, 0.2) is 0 Å². The van der Waals surface area contributed by atoms with Gasteiger partial charge in [-0.1, -0.05) is 257 Å². The van der Waals surface area contributed by atoms with E-state index < -0.39 is 25.9 Å². The Kier molecular flexibility index (Phi) is 95.6. The van der Waals surface area contributed by atoms with Crippen molar-refractivity contribution in [1.29, 1.82) is 0 Å². The van der Waals surface area contributed by atoms with Crippen molar-refractivity contribution in [1.82, 2.24) is 4.67 Å². The van der Waals surface area contributed by atoms with Crippen LogP contribution in [-0.2, 0) is 57.0 Å². The van der Waals surface area contributed by atoms with Gasteiger partial charge in [0.15, 0.2) is 0 Å². The van der Waals surface area contributed by atoms with Gasteiger partial charge >= 0.3 is 36.5 Å². The molecule has 0 aliphatic carbocycles. The van der Waals surface area contributed by atoms with Crippen molar-refractivity contribution in [2.45, 2.75) is 361 Å². The van der Waals surface area contributed by atoms with Gasteiger partial charge in [0.2, 0.25) is 0 Å². The number of carboxylic acids is 2. The lowest BCUT2D eigenvalue weighted by Crippen LogP contribution is -2.35. The Morgan fingerprint density at radius 1 is 0.424 bits per heavy atom. The smallest absolute Gasteiger partial charge is 0.373 e. The third-order valence-corrected chi connectivity index (χ3v) is 17.3. The second-order valence-corrected chi connectivity index (χ2v) is 24.3. The second-order valence-electron chi connectivity index (χ2n) is 22.8. The molecular formula is C68H137N2O14P. The van der Waals surface area contributed by atoms with Gasteiger partial charge in [0.1, 0.15) is 0 Å². The van der Waals surface area contributed by atoms with E-state index >= 15 is 0 Å². The molecule has 0 rings (SSSR count). The summed E-state index contributed by atoms with van der Waals surface area (Å²) in [5.41, 5.74) is 6.28. The Morgan fingerprint density at radius 2 is 0.682 bits per heavy atom. The van der Waals surface area contributed by atoms with Crippen molar-refractivity contribution in [3.8, 4) is 0 Å². The minimum Gasteiger partial charge on any atom is -0.481 e. The van der Waals surface area contributed by atoms with Crippen molar-refractivity contribution in [3.63, 3.8) is 0 Å². The van der Waals surface area contributed by atoms with Gasteiger partial charge in [-0.3, -0.25) is 9.59 Å². The molecule has 0 saturated carbocycles. The van der Waals surface area contributed by atoms with Gasteiger partial charge in [0.05, 0.1) is 24.5 Å². The third kappa shape index (κ3) is 69.7. The first-order valence-electron chi connectivity index (χ1n) is 33.5. The van der Waals surface area contributed by atoms with E-state index in [9.17, 15) is 14.7 Å². The molecule has 0 aromatic heterocycles. The van der Waals surface area contributed by atoms with Crippen molar-refractivity contribution in [2.75, 3.05) is 19.8 Å². The maximum Gasteiger partial charge on any atom is 0.373 e. The van der Waals surface area contributed by atoms with E-state index in [1.807, 2.05) is 0 Å². The molecule has 0 bridgehead atoms. The van der Waals surface area contributed by atoms with Crippen LogP contribution < -0.4 is 5.73 Å². The average Bonchev–Trinajstić information content (AvgIpc) is 3.48. The van der Waals surface area contributed by atoms with Gasteiger partial charge in [-0.15, -0.1) is 0 Å². The molecule has 0 saturated heterocycles. The number of carboxylic acid groups (broad SMARTS) is 2. The minimum atomic E-state index is -1.06. The molecule has 17 heteroatoms. The summed E-state index contributed by atoms with van der Waals surface area (Å²) in [7, 11) is -1.06. The van der Waals surface area contributed by atoms with Crippen LogP contribution in [0, 0.1) is 22.2 Å². The van der Waals surface area contributed by atoms with Gasteiger partial charge < -0.3 is 25.0 Å². The van der Waals surface area contributed by atoms with Crippen molar-refractivity contribution in [3.05, 3.63) is 0 Å². The van der Waals surface area contributed by atoms with Crippen LogP contribution in [0.3, 0.4) is 0 Å². The summed E-state index contributed by atoms with van der Waals surface area (Å²) in [4.78, 5) is 87.3. The molecule has 0 amide bonds. The average molecular weight is 1240 g/mol. The van der Waals surface area contributed by atoms with Crippen LogP contribution in [0.5, 0.6) is 0 Å². The predicted molar refractivity (Wildman–Crippen MR) is 347 cm³/mol. The highest BCUT2D eigenvalue weighted by Crippen LogP contribution is 2.49. The number of hydrogen-bond donors (Lipinski definition) is 3. The Labute approximate surface area is 523 Å². The molecule has 4 N–H and O–H groups in total. The molecule has 0 radical (unpaired) electrons.